The first-order chi connectivity index (χ1) is 13.9. The van der Waals surface area contributed by atoms with Gasteiger partial charge in [0.05, 0.1) is 5.56 Å². The highest BCUT2D eigenvalue weighted by molar-refractivity contribution is 7.17. The van der Waals surface area contributed by atoms with E-state index in [1.807, 2.05) is 52.0 Å². The quantitative estimate of drug-likeness (QED) is 0.593. The van der Waals surface area contributed by atoms with Gasteiger partial charge in [0.15, 0.2) is 0 Å². The zero-order chi connectivity index (χ0) is 22.3. The van der Waals surface area contributed by atoms with E-state index in [1.54, 1.807) is 11.3 Å². The third-order valence-corrected chi connectivity index (χ3v) is 7.07. The Hall–Kier alpha value is -2.14. The topological polar surface area (TPSA) is 58.2 Å². The third-order valence-electron chi connectivity index (χ3n) is 5.90. The number of hydrogen-bond acceptors (Lipinski definition) is 3. The van der Waals surface area contributed by atoms with Crippen LogP contribution in [0.5, 0.6) is 0 Å². The Morgan fingerprint density at radius 2 is 1.77 bits per heavy atom. The van der Waals surface area contributed by atoms with Gasteiger partial charge in [-0.25, -0.2) is 0 Å². The maximum atomic E-state index is 13.3. The smallest absolute Gasteiger partial charge is 0.258 e. The standard InChI is InChI=1S/C25H34N2O2S/c1-15-9-8-10-17(13-15)26-21(28)20-18-12-11-16(24(2,3)4)14-19(18)30-22(20)27-23(29)25(5,6)7/h8-10,13,16H,11-12,14H2,1-7H3,(H,26,28)(H,27,29). The zero-order valence-electron chi connectivity index (χ0n) is 19.2. The van der Waals surface area contributed by atoms with Crippen molar-refractivity contribution in [2.75, 3.05) is 10.6 Å². The minimum absolute atomic E-state index is 0.0712. The number of nitrogens with one attached hydrogen (secondary N) is 2. The second-order valence-electron chi connectivity index (χ2n) is 10.5. The van der Waals surface area contributed by atoms with Gasteiger partial charge in [-0.2, -0.15) is 0 Å². The first-order valence-corrected chi connectivity index (χ1v) is 11.5. The van der Waals surface area contributed by atoms with Crippen LogP contribution in [0.2, 0.25) is 0 Å². The lowest BCUT2D eigenvalue weighted by Crippen LogP contribution is -2.28. The molecule has 2 aromatic rings. The maximum Gasteiger partial charge on any atom is 0.258 e. The average molecular weight is 427 g/mol. The predicted octanol–water partition coefficient (Wildman–Crippen LogP) is 6.44. The molecule has 2 amide bonds. The maximum absolute atomic E-state index is 13.3. The first-order valence-electron chi connectivity index (χ1n) is 10.7. The molecule has 1 heterocycles. The van der Waals surface area contributed by atoms with E-state index in [-0.39, 0.29) is 17.2 Å². The van der Waals surface area contributed by atoms with Gasteiger partial charge in [-0.15, -0.1) is 11.3 Å². The molecule has 4 nitrogen and oxygen atoms in total. The third kappa shape index (κ3) is 4.94. The number of aryl methyl sites for hydroxylation is 1. The fraction of sp³-hybridized carbons (Fsp3) is 0.520. The molecule has 1 atom stereocenters. The molecule has 30 heavy (non-hydrogen) atoms. The van der Waals surface area contributed by atoms with E-state index in [9.17, 15) is 9.59 Å². The van der Waals surface area contributed by atoms with Crippen LogP contribution in [0.4, 0.5) is 10.7 Å². The molecule has 1 aromatic carbocycles. The molecule has 1 aromatic heterocycles. The molecule has 1 unspecified atom stereocenters. The second-order valence-corrected chi connectivity index (χ2v) is 11.6. The lowest BCUT2D eigenvalue weighted by atomic mass is 9.72. The molecular formula is C25H34N2O2S. The van der Waals surface area contributed by atoms with E-state index < -0.39 is 5.41 Å². The lowest BCUT2D eigenvalue weighted by molar-refractivity contribution is -0.123. The summed E-state index contributed by atoms with van der Waals surface area (Å²) in [6, 6.07) is 7.79. The zero-order valence-corrected chi connectivity index (χ0v) is 20.0. The number of fused-ring (bicyclic) bond motifs is 1. The molecule has 0 spiro atoms. The Balaban J connectivity index is 1.98. The van der Waals surface area contributed by atoms with Crippen molar-refractivity contribution in [3.8, 4) is 0 Å². The van der Waals surface area contributed by atoms with Crippen LogP contribution in [0.15, 0.2) is 24.3 Å². The summed E-state index contributed by atoms with van der Waals surface area (Å²) < 4.78 is 0. The van der Waals surface area contributed by atoms with Crippen LogP contribution in [-0.4, -0.2) is 11.8 Å². The Morgan fingerprint density at radius 1 is 1.07 bits per heavy atom. The SMILES string of the molecule is Cc1cccc(NC(=O)c2c(NC(=O)C(C)(C)C)sc3c2CCC(C(C)(C)C)C3)c1. The van der Waals surface area contributed by atoms with Crippen LogP contribution < -0.4 is 10.6 Å². The lowest BCUT2D eigenvalue weighted by Gasteiger charge is -2.33. The van der Waals surface area contributed by atoms with Gasteiger partial charge in [-0.1, -0.05) is 53.7 Å². The van der Waals surface area contributed by atoms with Gasteiger partial charge in [-0.05, 0) is 60.8 Å². The van der Waals surface area contributed by atoms with Crippen LogP contribution in [0.25, 0.3) is 0 Å². The summed E-state index contributed by atoms with van der Waals surface area (Å²) in [7, 11) is 0. The second kappa shape index (κ2) is 8.18. The minimum atomic E-state index is -0.525. The molecule has 162 valence electrons. The first kappa shape index (κ1) is 22.5. The van der Waals surface area contributed by atoms with Crippen molar-refractivity contribution in [1.82, 2.24) is 0 Å². The van der Waals surface area contributed by atoms with Crippen molar-refractivity contribution in [1.29, 1.82) is 0 Å². The fourth-order valence-electron chi connectivity index (χ4n) is 3.86. The van der Waals surface area contributed by atoms with E-state index in [0.29, 0.717) is 16.5 Å². The van der Waals surface area contributed by atoms with E-state index in [0.717, 1.165) is 36.1 Å². The molecule has 0 bridgehead atoms. The molecule has 5 heteroatoms. The highest BCUT2D eigenvalue weighted by atomic mass is 32.1. The molecule has 0 radical (unpaired) electrons. The predicted molar refractivity (Wildman–Crippen MR) is 127 cm³/mol. The van der Waals surface area contributed by atoms with Crippen LogP contribution >= 0.6 is 11.3 Å². The van der Waals surface area contributed by atoms with E-state index in [4.69, 9.17) is 0 Å². The summed E-state index contributed by atoms with van der Waals surface area (Å²) in [5.74, 6) is 0.358. The number of carbonyl (C=O) groups excluding carboxylic acids is 2. The molecule has 1 aliphatic rings. The van der Waals surface area contributed by atoms with Gasteiger partial charge in [-0.3, -0.25) is 9.59 Å². The molecule has 2 N–H and O–H groups in total. The van der Waals surface area contributed by atoms with Crippen molar-refractivity contribution in [3.63, 3.8) is 0 Å². The van der Waals surface area contributed by atoms with Crippen molar-refractivity contribution in [2.45, 2.75) is 67.7 Å². The van der Waals surface area contributed by atoms with Crippen molar-refractivity contribution in [2.24, 2.45) is 16.7 Å². The van der Waals surface area contributed by atoms with Gasteiger partial charge in [0.2, 0.25) is 5.91 Å². The number of hydrogen-bond donors (Lipinski definition) is 2. The Morgan fingerprint density at radius 3 is 2.37 bits per heavy atom. The Kier molecular flexibility index (Phi) is 6.15. The highest BCUT2D eigenvalue weighted by Gasteiger charge is 2.35. The van der Waals surface area contributed by atoms with Crippen LogP contribution in [0.1, 0.15) is 74.3 Å². The summed E-state index contributed by atoms with van der Waals surface area (Å²) in [6.45, 7) is 14.5. The number of carbonyl (C=O) groups is 2. The van der Waals surface area contributed by atoms with E-state index in [2.05, 4.69) is 31.4 Å². The fourth-order valence-corrected chi connectivity index (χ4v) is 5.18. The molecule has 1 aliphatic carbocycles. The molecule has 0 aliphatic heterocycles. The molecule has 3 rings (SSSR count). The van der Waals surface area contributed by atoms with Gasteiger partial charge in [0.1, 0.15) is 5.00 Å². The van der Waals surface area contributed by atoms with Gasteiger partial charge in [0.25, 0.3) is 5.91 Å². The summed E-state index contributed by atoms with van der Waals surface area (Å²) >= 11 is 1.58. The number of anilines is 2. The van der Waals surface area contributed by atoms with Crippen molar-refractivity contribution < 1.29 is 9.59 Å². The van der Waals surface area contributed by atoms with Gasteiger partial charge in [0, 0.05) is 16.0 Å². The van der Waals surface area contributed by atoms with E-state index in [1.165, 1.54) is 4.88 Å². The summed E-state index contributed by atoms with van der Waals surface area (Å²) in [5, 5.41) is 6.78. The van der Waals surface area contributed by atoms with Crippen molar-refractivity contribution in [3.05, 3.63) is 45.8 Å². The number of rotatable bonds is 3. The molecule has 0 fully saturated rings. The summed E-state index contributed by atoms with van der Waals surface area (Å²) in [6.07, 6.45) is 2.89. The molecule has 0 saturated heterocycles. The normalized spacial score (nSPS) is 16.7. The Bertz CT molecular complexity index is 961. The van der Waals surface area contributed by atoms with E-state index >= 15 is 0 Å². The van der Waals surface area contributed by atoms with Crippen LogP contribution in [-0.2, 0) is 17.6 Å². The van der Waals surface area contributed by atoms with Gasteiger partial charge < -0.3 is 10.6 Å². The number of benzene rings is 1. The number of thiophene rings is 1. The average Bonchev–Trinajstić information content (AvgIpc) is 2.97. The number of amides is 2. The highest BCUT2D eigenvalue weighted by Crippen LogP contribution is 2.44. The summed E-state index contributed by atoms with van der Waals surface area (Å²) in [5.41, 5.74) is 3.31. The Labute approximate surface area is 184 Å². The molecular weight excluding hydrogens is 392 g/mol. The van der Waals surface area contributed by atoms with Gasteiger partial charge >= 0.3 is 0 Å². The molecule has 0 saturated carbocycles. The van der Waals surface area contributed by atoms with Crippen molar-refractivity contribution >= 4 is 33.8 Å². The largest absolute Gasteiger partial charge is 0.322 e. The van der Waals surface area contributed by atoms with Crippen LogP contribution in [0.3, 0.4) is 0 Å². The minimum Gasteiger partial charge on any atom is -0.322 e. The summed E-state index contributed by atoms with van der Waals surface area (Å²) in [4.78, 5) is 27.3. The van der Waals surface area contributed by atoms with Crippen LogP contribution in [0, 0.1) is 23.7 Å². The monoisotopic (exact) mass is 426 g/mol.